The van der Waals surface area contributed by atoms with Gasteiger partial charge in [-0.3, -0.25) is 9.89 Å². The molecule has 0 aliphatic carbocycles. The molecule has 0 saturated carbocycles. The number of carbonyl (C=O) groups excluding carboxylic acids is 1. The molecule has 0 atom stereocenters. The number of carbonyl (C=O) groups is 1. The van der Waals surface area contributed by atoms with Gasteiger partial charge in [-0.25, -0.2) is 0 Å². The molecule has 0 aromatic carbocycles. The van der Waals surface area contributed by atoms with E-state index >= 15 is 0 Å². The Bertz CT molecular complexity index is 299. The highest BCUT2D eigenvalue weighted by Crippen LogP contribution is 2.05. The molecule has 1 aromatic heterocycles. The van der Waals surface area contributed by atoms with Crippen LogP contribution in [0.2, 0.25) is 0 Å². The van der Waals surface area contributed by atoms with Gasteiger partial charge in [0.15, 0.2) is 0 Å². The highest BCUT2D eigenvalue weighted by molar-refractivity contribution is 7.98. The lowest BCUT2D eigenvalue weighted by Crippen LogP contribution is -2.25. The summed E-state index contributed by atoms with van der Waals surface area (Å²) < 4.78 is 0. The monoisotopic (exact) mass is 214 g/mol. The van der Waals surface area contributed by atoms with Crippen LogP contribution in [0.25, 0.3) is 0 Å². The summed E-state index contributed by atoms with van der Waals surface area (Å²) in [7, 11) is 0. The number of nitrogens with two attached hydrogens (primary N) is 1. The Labute approximate surface area is 86.8 Å². The zero-order valence-electron chi connectivity index (χ0n) is 8.04. The summed E-state index contributed by atoms with van der Waals surface area (Å²) in [4.78, 5) is 11.4. The first-order chi connectivity index (χ1) is 6.75. The highest BCUT2D eigenvalue weighted by Gasteiger charge is 2.09. The van der Waals surface area contributed by atoms with Crippen LogP contribution in [0, 0.1) is 0 Å². The van der Waals surface area contributed by atoms with Crippen molar-refractivity contribution in [3.63, 3.8) is 0 Å². The van der Waals surface area contributed by atoms with E-state index < -0.39 is 0 Å². The molecule has 6 heteroatoms. The predicted molar refractivity (Wildman–Crippen MR) is 58.3 cm³/mol. The second-order valence-electron chi connectivity index (χ2n) is 2.80. The number of aromatic amines is 1. The molecule has 0 aliphatic rings. The second-order valence-corrected chi connectivity index (χ2v) is 3.79. The van der Waals surface area contributed by atoms with Crippen LogP contribution >= 0.6 is 11.8 Å². The molecule has 5 nitrogen and oxygen atoms in total. The summed E-state index contributed by atoms with van der Waals surface area (Å²) in [5.74, 6) is 0.847. The van der Waals surface area contributed by atoms with Crippen LogP contribution in [-0.4, -0.2) is 34.7 Å². The van der Waals surface area contributed by atoms with Crippen LogP contribution in [0.5, 0.6) is 0 Å². The summed E-state index contributed by atoms with van der Waals surface area (Å²) in [6, 6.07) is 0. The molecule has 0 unspecified atom stereocenters. The number of H-pyrrole nitrogens is 1. The summed E-state index contributed by atoms with van der Waals surface area (Å²) >= 11 is 1.76. The minimum atomic E-state index is -0.193. The van der Waals surface area contributed by atoms with Gasteiger partial charge in [-0.05, 0) is 18.4 Å². The minimum Gasteiger partial charge on any atom is -0.396 e. The number of amides is 1. The number of nitrogens with one attached hydrogen (secondary N) is 2. The van der Waals surface area contributed by atoms with Gasteiger partial charge >= 0.3 is 0 Å². The van der Waals surface area contributed by atoms with Gasteiger partial charge in [-0.15, -0.1) is 0 Å². The normalized spacial score (nSPS) is 10.1. The van der Waals surface area contributed by atoms with Gasteiger partial charge in [-0.1, -0.05) is 0 Å². The molecule has 4 N–H and O–H groups in total. The maximum atomic E-state index is 11.4. The van der Waals surface area contributed by atoms with Gasteiger partial charge in [-0.2, -0.15) is 16.9 Å². The fourth-order valence-electron chi connectivity index (χ4n) is 0.984. The van der Waals surface area contributed by atoms with Crippen LogP contribution < -0.4 is 11.1 Å². The molecule has 0 spiro atoms. The summed E-state index contributed by atoms with van der Waals surface area (Å²) in [5.41, 5.74) is 6.24. The van der Waals surface area contributed by atoms with E-state index in [1.807, 2.05) is 6.26 Å². The lowest BCUT2D eigenvalue weighted by atomic mass is 10.3. The zero-order valence-corrected chi connectivity index (χ0v) is 8.86. The minimum absolute atomic E-state index is 0.193. The quantitative estimate of drug-likeness (QED) is 0.622. The highest BCUT2D eigenvalue weighted by atomic mass is 32.2. The first-order valence-electron chi connectivity index (χ1n) is 4.31. The number of anilines is 1. The molecule has 78 valence electrons. The number of nitrogens with zero attached hydrogens (tertiary/aromatic N) is 1. The van der Waals surface area contributed by atoms with E-state index in [0.717, 1.165) is 12.2 Å². The Kier molecular flexibility index (Phi) is 4.31. The maximum absolute atomic E-state index is 11.4. The van der Waals surface area contributed by atoms with E-state index in [4.69, 9.17) is 5.73 Å². The number of aromatic nitrogens is 2. The van der Waals surface area contributed by atoms with E-state index in [9.17, 15) is 4.79 Å². The topological polar surface area (TPSA) is 83.8 Å². The smallest absolute Gasteiger partial charge is 0.271 e. The van der Waals surface area contributed by atoms with E-state index in [1.165, 1.54) is 6.20 Å². The summed E-state index contributed by atoms with van der Waals surface area (Å²) in [6.07, 6.45) is 4.42. The molecule has 1 heterocycles. The SMILES string of the molecule is CSCCCNC(=O)c1[nH]ncc1N. The fraction of sp³-hybridized carbons (Fsp3) is 0.500. The third-order valence-electron chi connectivity index (χ3n) is 1.71. The van der Waals surface area contributed by atoms with Crippen LogP contribution in [0.4, 0.5) is 5.69 Å². The molecule has 1 amide bonds. The lowest BCUT2D eigenvalue weighted by Gasteiger charge is -2.02. The Balaban J connectivity index is 2.32. The summed E-state index contributed by atoms with van der Waals surface area (Å²) in [6.45, 7) is 0.665. The molecule has 0 fully saturated rings. The van der Waals surface area contributed by atoms with Crippen molar-refractivity contribution in [2.45, 2.75) is 6.42 Å². The third kappa shape index (κ3) is 2.95. The van der Waals surface area contributed by atoms with E-state index in [2.05, 4.69) is 15.5 Å². The Morgan fingerprint density at radius 1 is 1.79 bits per heavy atom. The molecular weight excluding hydrogens is 200 g/mol. The molecule has 1 rings (SSSR count). The Hall–Kier alpha value is -1.17. The van der Waals surface area contributed by atoms with Gasteiger partial charge in [0.05, 0.1) is 11.9 Å². The third-order valence-corrected chi connectivity index (χ3v) is 2.40. The molecular formula is C8H14N4OS. The van der Waals surface area contributed by atoms with E-state index in [1.54, 1.807) is 11.8 Å². The summed E-state index contributed by atoms with van der Waals surface area (Å²) in [5, 5.41) is 8.98. The molecule has 0 bridgehead atoms. The van der Waals surface area contributed by atoms with E-state index in [0.29, 0.717) is 17.9 Å². The van der Waals surface area contributed by atoms with Crippen molar-refractivity contribution < 1.29 is 4.79 Å². The first-order valence-corrected chi connectivity index (χ1v) is 5.71. The lowest BCUT2D eigenvalue weighted by molar-refractivity contribution is 0.0949. The van der Waals surface area contributed by atoms with Gasteiger partial charge < -0.3 is 11.1 Å². The van der Waals surface area contributed by atoms with Crippen molar-refractivity contribution in [2.24, 2.45) is 0 Å². The zero-order chi connectivity index (χ0) is 10.4. The average molecular weight is 214 g/mol. The average Bonchev–Trinajstić information content (AvgIpc) is 2.59. The van der Waals surface area contributed by atoms with Crippen molar-refractivity contribution in [1.82, 2.24) is 15.5 Å². The fourth-order valence-corrected chi connectivity index (χ4v) is 1.42. The van der Waals surface area contributed by atoms with Crippen LogP contribution in [0.1, 0.15) is 16.9 Å². The molecule has 0 aliphatic heterocycles. The van der Waals surface area contributed by atoms with Crippen LogP contribution in [0.3, 0.4) is 0 Å². The van der Waals surface area contributed by atoms with Gasteiger partial charge in [0.25, 0.3) is 5.91 Å². The first kappa shape index (κ1) is 10.9. The number of rotatable bonds is 5. The van der Waals surface area contributed by atoms with E-state index in [-0.39, 0.29) is 5.91 Å². The number of hydrogen-bond acceptors (Lipinski definition) is 4. The molecule has 0 saturated heterocycles. The van der Waals surface area contributed by atoms with Gasteiger partial charge in [0.1, 0.15) is 5.69 Å². The predicted octanol–water partition coefficient (Wildman–Crippen LogP) is 0.475. The van der Waals surface area contributed by atoms with Crippen molar-refractivity contribution >= 4 is 23.4 Å². The molecule has 1 aromatic rings. The molecule has 14 heavy (non-hydrogen) atoms. The van der Waals surface area contributed by atoms with Crippen molar-refractivity contribution in [3.8, 4) is 0 Å². The maximum Gasteiger partial charge on any atom is 0.271 e. The molecule has 0 radical (unpaired) electrons. The number of nitrogen functional groups attached to an aromatic ring is 1. The largest absolute Gasteiger partial charge is 0.396 e. The van der Waals surface area contributed by atoms with Crippen molar-refractivity contribution in [2.75, 3.05) is 24.3 Å². The standard InChI is InChI=1S/C8H14N4OS/c1-14-4-2-3-10-8(13)7-6(9)5-11-12-7/h5H,2-4,9H2,1H3,(H,10,13)(H,11,12). The Morgan fingerprint density at radius 2 is 2.57 bits per heavy atom. The van der Waals surface area contributed by atoms with Crippen molar-refractivity contribution in [3.05, 3.63) is 11.9 Å². The Morgan fingerprint density at radius 3 is 3.14 bits per heavy atom. The second kappa shape index (κ2) is 5.54. The number of hydrogen-bond donors (Lipinski definition) is 3. The van der Waals surface area contributed by atoms with Crippen molar-refractivity contribution in [1.29, 1.82) is 0 Å². The van der Waals surface area contributed by atoms with Gasteiger partial charge in [0, 0.05) is 6.54 Å². The van der Waals surface area contributed by atoms with Crippen LogP contribution in [0.15, 0.2) is 6.20 Å². The van der Waals surface area contributed by atoms with Gasteiger partial charge in [0.2, 0.25) is 0 Å². The number of thioether (sulfide) groups is 1. The van der Waals surface area contributed by atoms with Crippen LogP contribution in [-0.2, 0) is 0 Å².